The van der Waals surface area contributed by atoms with E-state index in [0.717, 1.165) is 17.8 Å². The lowest BCUT2D eigenvalue weighted by Gasteiger charge is -2.06. The SMILES string of the molecule is COCc1cccc(NCc2ccoc2)c1. The lowest BCUT2D eigenvalue weighted by Crippen LogP contribution is -1.98. The first-order valence-electron chi connectivity index (χ1n) is 5.21. The molecule has 0 spiro atoms. The van der Waals surface area contributed by atoms with Crippen LogP contribution in [0.4, 0.5) is 5.69 Å². The van der Waals surface area contributed by atoms with Crippen molar-refractivity contribution in [1.82, 2.24) is 0 Å². The van der Waals surface area contributed by atoms with Crippen molar-refractivity contribution in [2.75, 3.05) is 12.4 Å². The van der Waals surface area contributed by atoms with E-state index < -0.39 is 0 Å². The van der Waals surface area contributed by atoms with Gasteiger partial charge in [0.25, 0.3) is 0 Å². The van der Waals surface area contributed by atoms with Crippen LogP contribution in [0.2, 0.25) is 0 Å². The van der Waals surface area contributed by atoms with Gasteiger partial charge in [-0.2, -0.15) is 0 Å². The number of nitrogens with one attached hydrogen (secondary N) is 1. The van der Waals surface area contributed by atoms with Gasteiger partial charge in [0.15, 0.2) is 0 Å². The highest BCUT2D eigenvalue weighted by Gasteiger charge is 1.97. The molecule has 2 aromatic rings. The Labute approximate surface area is 95.0 Å². The second-order valence-electron chi connectivity index (χ2n) is 3.62. The van der Waals surface area contributed by atoms with Crippen molar-refractivity contribution < 1.29 is 9.15 Å². The molecule has 3 nitrogen and oxygen atoms in total. The third kappa shape index (κ3) is 2.87. The molecule has 0 saturated carbocycles. The Bertz CT molecular complexity index is 423. The largest absolute Gasteiger partial charge is 0.472 e. The van der Waals surface area contributed by atoms with Crippen LogP contribution in [0.1, 0.15) is 11.1 Å². The maximum Gasteiger partial charge on any atom is 0.0952 e. The van der Waals surface area contributed by atoms with Crippen molar-refractivity contribution >= 4 is 5.69 Å². The second kappa shape index (κ2) is 5.37. The molecule has 0 saturated heterocycles. The smallest absolute Gasteiger partial charge is 0.0952 e. The van der Waals surface area contributed by atoms with Crippen LogP contribution >= 0.6 is 0 Å². The Morgan fingerprint density at radius 3 is 2.94 bits per heavy atom. The molecular weight excluding hydrogens is 202 g/mol. The van der Waals surface area contributed by atoms with Gasteiger partial charge in [0.2, 0.25) is 0 Å². The van der Waals surface area contributed by atoms with Crippen LogP contribution in [-0.4, -0.2) is 7.11 Å². The van der Waals surface area contributed by atoms with Gasteiger partial charge in [0, 0.05) is 24.9 Å². The number of hydrogen-bond acceptors (Lipinski definition) is 3. The molecule has 0 fully saturated rings. The summed E-state index contributed by atoms with van der Waals surface area (Å²) in [6.07, 6.45) is 3.42. The molecule has 84 valence electrons. The number of anilines is 1. The van der Waals surface area contributed by atoms with Gasteiger partial charge >= 0.3 is 0 Å². The highest BCUT2D eigenvalue weighted by molar-refractivity contribution is 5.45. The molecule has 2 rings (SSSR count). The summed E-state index contributed by atoms with van der Waals surface area (Å²) in [5.74, 6) is 0. The first-order valence-corrected chi connectivity index (χ1v) is 5.21. The van der Waals surface area contributed by atoms with Crippen LogP contribution < -0.4 is 5.32 Å². The fourth-order valence-electron chi connectivity index (χ4n) is 1.54. The number of hydrogen-bond donors (Lipinski definition) is 1. The summed E-state index contributed by atoms with van der Waals surface area (Å²) < 4.78 is 10.1. The average Bonchev–Trinajstić information content (AvgIpc) is 2.80. The monoisotopic (exact) mass is 217 g/mol. The molecule has 0 bridgehead atoms. The van der Waals surface area contributed by atoms with Crippen LogP contribution in [-0.2, 0) is 17.9 Å². The van der Waals surface area contributed by atoms with Crippen LogP contribution in [0.15, 0.2) is 47.3 Å². The number of ether oxygens (including phenoxy) is 1. The number of furan rings is 1. The molecule has 0 amide bonds. The topological polar surface area (TPSA) is 34.4 Å². The van der Waals surface area contributed by atoms with Gasteiger partial charge in [-0.15, -0.1) is 0 Å². The first-order chi connectivity index (χ1) is 7.88. The second-order valence-corrected chi connectivity index (χ2v) is 3.62. The summed E-state index contributed by atoms with van der Waals surface area (Å²) in [7, 11) is 1.70. The Morgan fingerprint density at radius 2 is 2.19 bits per heavy atom. The Hall–Kier alpha value is -1.74. The molecule has 0 radical (unpaired) electrons. The lowest BCUT2D eigenvalue weighted by atomic mass is 10.2. The maximum atomic E-state index is 5.09. The molecule has 0 atom stereocenters. The highest BCUT2D eigenvalue weighted by atomic mass is 16.5. The van der Waals surface area contributed by atoms with E-state index in [4.69, 9.17) is 9.15 Å². The molecular formula is C13H15NO2. The van der Waals surface area contributed by atoms with E-state index in [-0.39, 0.29) is 0 Å². The normalized spacial score (nSPS) is 10.3. The fourth-order valence-corrected chi connectivity index (χ4v) is 1.54. The molecule has 0 aliphatic rings. The molecule has 0 unspecified atom stereocenters. The van der Waals surface area contributed by atoms with E-state index in [2.05, 4.69) is 11.4 Å². The molecule has 0 aliphatic carbocycles. The van der Waals surface area contributed by atoms with E-state index in [9.17, 15) is 0 Å². The van der Waals surface area contributed by atoms with Crippen molar-refractivity contribution in [2.24, 2.45) is 0 Å². The van der Waals surface area contributed by atoms with Gasteiger partial charge in [-0.25, -0.2) is 0 Å². The minimum atomic E-state index is 0.640. The van der Waals surface area contributed by atoms with Crippen molar-refractivity contribution in [1.29, 1.82) is 0 Å². The molecule has 1 aromatic carbocycles. The fraction of sp³-hybridized carbons (Fsp3) is 0.231. The molecule has 1 heterocycles. The summed E-state index contributed by atoms with van der Waals surface area (Å²) in [6.45, 7) is 1.41. The zero-order valence-electron chi connectivity index (χ0n) is 9.27. The number of methoxy groups -OCH3 is 1. The van der Waals surface area contributed by atoms with Gasteiger partial charge in [0.05, 0.1) is 19.1 Å². The summed E-state index contributed by atoms with van der Waals surface area (Å²) in [4.78, 5) is 0. The van der Waals surface area contributed by atoms with Crippen LogP contribution in [0.25, 0.3) is 0 Å². The van der Waals surface area contributed by atoms with Gasteiger partial charge in [-0.3, -0.25) is 0 Å². The minimum absolute atomic E-state index is 0.640. The first kappa shape index (κ1) is 10.8. The Morgan fingerprint density at radius 1 is 1.25 bits per heavy atom. The van der Waals surface area contributed by atoms with Gasteiger partial charge < -0.3 is 14.5 Å². The predicted molar refractivity (Wildman–Crippen MR) is 63.2 cm³/mol. The summed E-state index contributed by atoms with van der Waals surface area (Å²) in [6, 6.07) is 10.1. The van der Waals surface area contributed by atoms with Crippen LogP contribution in [0, 0.1) is 0 Å². The van der Waals surface area contributed by atoms with Crippen molar-refractivity contribution in [3.8, 4) is 0 Å². The molecule has 3 heteroatoms. The predicted octanol–water partition coefficient (Wildman–Crippen LogP) is 3.04. The third-order valence-corrected chi connectivity index (χ3v) is 2.31. The molecule has 1 aromatic heterocycles. The maximum absolute atomic E-state index is 5.09. The van der Waals surface area contributed by atoms with E-state index in [1.807, 2.05) is 24.3 Å². The zero-order valence-corrected chi connectivity index (χ0v) is 9.27. The zero-order chi connectivity index (χ0) is 11.2. The number of rotatable bonds is 5. The summed E-state index contributed by atoms with van der Waals surface area (Å²) >= 11 is 0. The molecule has 0 aliphatic heterocycles. The standard InChI is InChI=1S/C13H15NO2/c1-15-9-11-3-2-4-13(7-11)14-8-12-5-6-16-10-12/h2-7,10,14H,8-9H2,1H3. The van der Waals surface area contributed by atoms with Gasteiger partial charge in [-0.05, 0) is 23.8 Å². The molecule has 1 N–H and O–H groups in total. The molecule has 16 heavy (non-hydrogen) atoms. The van der Waals surface area contributed by atoms with Gasteiger partial charge in [0.1, 0.15) is 0 Å². The Kier molecular flexibility index (Phi) is 3.62. The Balaban J connectivity index is 1.96. The lowest BCUT2D eigenvalue weighted by molar-refractivity contribution is 0.185. The average molecular weight is 217 g/mol. The van der Waals surface area contributed by atoms with Gasteiger partial charge in [-0.1, -0.05) is 12.1 Å². The quantitative estimate of drug-likeness (QED) is 0.835. The van der Waals surface area contributed by atoms with E-state index in [1.165, 1.54) is 5.56 Å². The van der Waals surface area contributed by atoms with Crippen molar-refractivity contribution in [2.45, 2.75) is 13.2 Å². The highest BCUT2D eigenvalue weighted by Crippen LogP contribution is 2.13. The van der Waals surface area contributed by atoms with Crippen molar-refractivity contribution in [3.63, 3.8) is 0 Å². The third-order valence-electron chi connectivity index (χ3n) is 2.31. The van der Waals surface area contributed by atoms with Crippen LogP contribution in [0.5, 0.6) is 0 Å². The van der Waals surface area contributed by atoms with E-state index in [1.54, 1.807) is 19.6 Å². The summed E-state index contributed by atoms with van der Waals surface area (Å²) in [5, 5.41) is 3.33. The van der Waals surface area contributed by atoms with E-state index >= 15 is 0 Å². The van der Waals surface area contributed by atoms with Crippen molar-refractivity contribution in [3.05, 3.63) is 54.0 Å². The number of benzene rings is 1. The minimum Gasteiger partial charge on any atom is -0.472 e. The van der Waals surface area contributed by atoms with E-state index in [0.29, 0.717) is 6.61 Å². The summed E-state index contributed by atoms with van der Waals surface area (Å²) in [5.41, 5.74) is 3.40. The van der Waals surface area contributed by atoms with Crippen LogP contribution in [0.3, 0.4) is 0 Å².